The summed E-state index contributed by atoms with van der Waals surface area (Å²) in [4.78, 5) is 28.8. The second kappa shape index (κ2) is 9.80. The molecule has 2 aliphatic heterocycles. The molecule has 2 unspecified atom stereocenters. The van der Waals surface area contributed by atoms with Gasteiger partial charge in [-0.2, -0.15) is 18.3 Å². The average molecular weight is 518 g/mol. The number of hydrogen-bond acceptors (Lipinski definition) is 3. The number of likely N-dealkylation sites (tertiary alicyclic amines) is 1. The molecule has 198 valence electrons. The highest BCUT2D eigenvalue weighted by Crippen LogP contribution is 2.47. The molecule has 2 amide bonds. The van der Waals surface area contributed by atoms with Gasteiger partial charge in [0.25, 0.3) is 0 Å². The SMILES string of the molecule is CC(=O)N1CCB(C2CCN(C(=O)Cn3nc(C4CC4)cc3C(F)(F)F)C2c2cc(C)cc(F)c2)CC1. The molecule has 0 N–H and O–H groups in total. The number of benzene rings is 1. The van der Waals surface area contributed by atoms with Crippen LogP contribution in [-0.4, -0.2) is 57.7 Å². The Labute approximate surface area is 214 Å². The fraction of sp³-hybridized carbons (Fsp3) is 0.577. The lowest BCUT2D eigenvalue weighted by Gasteiger charge is -2.36. The molecule has 3 aliphatic rings. The van der Waals surface area contributed by atoms with Gasteiger partial charge in [0.05, 0.1) is 11.7 Å². The summed E-state index contributed by atoms with van der Waals surface area (Å²) in [5.41, 5.74) is 0.861. The van der Waals surface area contributed by atoms with Gasteiger partial charge in [0.1, 0.15) is 24.8 Å². The number of alkyl halides is 3. The molecule has 5 rings (SSSR count). The topological polar surface area (TPSA) is 58.4 Å². The van der Waals surface area contributed by atoms with E-state index in [9.17, 15) is 27.2 Å². The maximum atomic E-state index is 14.4. The highest BCUT2D eigenvalue weighted by atomic mass is 19.4. The van der Waals surface area contributed by atoms with E-state index in [1.165, 1.54) is 12.1 Å². The lowest BCUT2D eigenvalue weighted by molar-refractivity contribution is -0.146. The fourth-order valence-corrected chi connectivity index (χ4v) is 6.18. The second-order valence-corrected chi connectivity index (χ2v) is 10.8. The summed E-state index contributed by atoms with van der Waals surface area (Å²) < 4.78 is 56.5. The van der Waals surface area contributed by atoms with Gasteiger partial charge in [0, 0.05) is 32.5 Å². The Morgan fingerprint density at radius 3 is 2.35 bits per heavy atom. The van der Waals surface area contributed by atoms with Crippen LogP contribution in [0.5, 0.6) is 0 Å². The third kappa shape index (κ3) is 5.41. The Kier molecular flexibility index (Phi) is 6.83. The summed E-state index contributed by atoms with van der Waals surface area (Å²) >= 11 is 0. The molecule has 0 radical (unpaired) electrons. The molecule has 3 heterocycles. The van der Waals surface area contributed by atoms with E-state index in [4.69, 9.17) is 0 Å². The summed E-state index contributed by atoms with van der Waals surface area (Å²) in [5.74, 6) is -0.769. The number of aryl methyl sites for hydroxylation is 1. The first-order chi connectivity index (χ1) is 17.5. The summed E-state index contributed by atoms with van der Waals surface area (Å²) in [5, 5.41) is 4.16. The summed E-state index contributed by atoms with van der Waals surface area (Å²) in [7, 11) is 0. The molecule has 6 nitrogen and oxygen atoms in total. The summed E-state index contributed by atoms with van der Waals surface area (Å²) in [6.45, 7) is 4.69. The Balaban J connectivity index is 1.42. The van der Waals surface area contributed by atoms with Gasteiger partial charge >= 0.3 is 6.18 Å². The Morgan fingerprint density at radius 2 is 1.76 bits per heavy atom. The minimum absolute atomic E-state index is 0.0255. The van der Waals surface area contributed by atoms with Crippen LogP contribution < -0.4 is 0 Å². The van der Waals surface area contributed by atoms with E-state index in [0.29, 0.717) is 37.3 Å². The molecular weight excluding hydrogens is 487 g/mol. The third-order valence-corrected chi connectivity index (χ3v) is 8.13. The predicted octanol–water partition coefficient (Wildman–Crippen LogP) is 4.93. The number of rotatable bonds is 5. The molecule has 37 heavy (non-hydrogen) atoms. The van der Waals surface area contributed by atoms with E-state index >= 15 is 0 Å². The van der Waals surface area contributed by atoms with Crippen LogP contribution in [0.3, 0.4) is 0 Å². The molecule has 1 aliphatic carbocycles. The van der Waals surface area contributed by atoms with Crippen molar-refractivity contribution in [2.24, 2.45) is 0 Å². The van der Waals surface area contributed by atoms with E-state index in [1.54, 1.807) is 18.7 Å². The van der Waals surface area contributed by atoms with Crippen LogP contribution >= 0.6 is 0 Å². The molecule has 2 aromatic rings. The van der Waals surface area contributed by atoms with Gasteiger partial charge in [-0.15, -0.1) is 0 Å². The van der Waals surface area contributed by atoms with Crippen molar-refractivity contribution in [2.45, 2.75) is 76.2 Å². The second-order valence-electron chi connectivity index (χ2n) is 10.8. The number of carbonyl (C=O) groups is 2. The first-order valence-electron chi connectivity index (χ1n) is 13.0. The van der Waals surface area contributed by atoms with Crippen LogP contribution in [0.15, 0.2) is 24.3 Å². The Morgan fingerprint density at radius 1 is 1.05 bits per heavy atom. The number of carbonyl (C=O) groups excluding carboxylic acids is 2. The van der Waals surface area contributed by atoms with E-state index in [2.05, 4.69) is 5.10 Å². The van der Waals surface area contributed by atoms with Crippen LogP contribution in [0.4, 0.5) is 17.6 Å². The van der Waals surface area contributed by atoms with Crippen LogP contribution in [0, 0.1) is 12.7 Å². The van der Waals surface area contributed by atoms with Gasteiger partial charge in [0.2, 0.25) is 11.8 Å². The lowest BCUT2D eigenvalue weighted by atomic mass is 9.34. The van der Waals surface area contributed by atoms with Crippen molar-refractivity contribution in [1.82, 2.24) is 19.6 Å². The molecule has 1 aromatic heterocycles. The van der Waals surface area contributed by atoms with Gasteiger partial charge in [0.15, 0.2) is 0 Å². The van der Waals surface area contributed by atoms with E-state index in [1.807, 2.05) is 11.0 Å². The molecule has 3 fully saturated rings. The van der Waals surface area contributed by atoms with Crippen LogP contribution in [0.25, 0.3) is 0 Å². The number of aromatic nitrogens is 2. The van der Waals surface area contributed by atoms with Gasteiger partial charge in [-0.3, -0.25) is 14.3 Å². The Hall–Kier alpha value is -2.85. The monoisotopic (exact) mass is 518 g/mol. The number of halogens is 4. The zero-order valence-electron chi connectivity index (χ0n) is 21.1. The average Bonchev–Trinajstić information content (AvgIpc) is 3.42. The van der Waals surface area contributed by atoms with Crippen LogP contribution in [0.2, 0.25) is 18.5 Å². The van der Waals surface area contributed by atoms with Gasteiger partial charge in [-0.25, -0.2) is 4.39 Å². The standard InChI is InChI=1S/C26H31BF4N4O2/c1-16-11-19(13-20(28)12-16)25-21(27-6-9-33(10-7-27)17(2)36)5-8-34(25)24(37)15-35-23(26(29,30)31)14-22(32-35)18-3-4-18/h11-14,18,21,25H,3-10,15H2,1-2H3. The first-order valence-corrected chi connectivity index (χ1v) is 13.0. The molecule has 1 saturated carbocycles. The Bertz CT molecular complexity index is 1170. The third-order valence-electron chi connectivity index (χ3n) is 8.13. The van der Waals surface area contributed by atoms with Crippen molar-refractivity contribution >= 4 is 18.5 Å². The van der Waals surface area contributed by atoms with E-state index < -0.39 is 36.2 Å². The van der Waals surface area contributed by atoms with Crippen molar-refractivity contribution in [3.63, 3.8) is 0 Å². The minimum atomic E-state index is -4.61. The molecule has 2 saturated heterocycles. The van der Waals surface area contributed by atoms with Crippen molar-refractivity contribution in [1.29, 1.82) is 0 Å². The fourth-order valence-electron chi connectivity index (χ4n) is 6.18. The molecule has 0 spiro atoms. The zero-order chi connectivity index (χ0) is 26.5. The maximum Gasteiger partial charge on any atom is 0.433 e. The molecule has 11 heteroatoms. The highest BCUT2D eigenvalue weighted by molar-refractivity contribution is 6.61. The van der Waals surface area contributed by atoms with Gasteiger partial charge in [-0.1, -0.05) is 18.7 Å². The van der Waals surface area contributed by atoms with Gasteiger partial charge < -0.3 is 9.80 Å². The van der Waals surface area contributed by atoms with Crippen molar-refractivity contribution < 1.29 is 27.2 Å². The highest BCUT2D eigenvalue weighted by Gasteiger charge is 2.45. The maximum absolute atomic E-state index is 14.4. The van der Waals surface area contributed by atoms with Crippen molar-refractivity contribution in [3.8, 4) is 0 Å². The van der Waals surface area contributed by atoms with Crippen molar-refractivity contribution in [2.75, 3.05) is 19.6 Å². The summed E-state index contributed by atoms with van der Waals surface area (Å²) in [6, 6.07) is 5.33. The molecule has 1 aromatic carbocycles. The predicted molar refractivity (Wildman–Crippen MR) is 131 cm³/mol. The smallest absolute Gasteiger partial charge is 0.344 e. The number of hydrogen-bond donors (Lipinski definition) is 0. The van der Waals surface area contributed by atoms with E-state index in [-0.39, 0.29) is 24.4 Å². The quantitative estimate of drug-likeness (QED) is 0.417. The number of amides is 2. The zero-order valence-corrected chi connectivity index (χ0v) is 21.1. The van der Waals surface area contributed by atoms with Crippen LogP contribution in [-0.2, 0) is 22.3 Å². The minimum Gasteiger partial charge on any atom is -0.344 e. The summed E-state index contributed by atoms with van der Waals surface area (Å²) in [6.07, 6.45) is -0.773. The first kappa shape index (κ1) is 25.8. The largest absolute Gasteiger partial charge is 0.433 e. The van der Waals surface area contributed by atoms with Crippen LogP contribution in [0.1, 0.15) is 60.7 Å². The normalized spacial score (nSPS) is 22.6. The van der Waals surface area contributed by atoms with E-state index in [0.717, 1.165) is 41.8 Å². The molecular formula is C26H31BF4N4O2. The van der Waals surface area contributed by atoms with Crippen molar-refractivity contribution in [3.05, 3.63) is 52.6 Å². The lowest BCUT2D eigenvalue weighted by Crippen LogP contribution is -2.43. The number of nitrogens with zero attached hydrogens (tertiary/aromatic N) is 4. The molecule has 2 atom stereocenters. The molecule has 0 bridgehead atoms. The van der Waals surface area contributed by atoms with Gasteiger partial charge in [-0.05, 0) is 61.3 Å².